The maximum atomic E-state index is 12.6. The van der Waals surface area contributed by atoms with Crippen molar-refractivity contribution in [2.24, 2.45) is 28.8 Å². The Kier molecular flexibility index (Phi) is 3.56. The van der Waals surface area contributed by atoms with Crippen LogP contribution < -0.4 is 4.74 Å². The highest BCUT2D eigenvalue weighted by Gasteiger charge is 2.59. The first-order valence-electron chi connectivity index (χ1n) is 8.73. The van der Waals surface area contributed by atoms with E-state index in [0.717, 1.165) is 22.7 Å². The van der Waals surface area contributed by atoms with Gasteiger partial charge in [-0.2, -0.15) is 10.1 Å². The summed E-state index contributed by atoms with van der Waals surface area (Å²) in [4.78, 5) is 25.2. The van der Waals surface area contributed by atoms with Gasteiger partial charge in [0.1, 0.15) is 11.4 Å². The lowest BCUT2D eigenvalue weighted by molar-refractivity contribution is -0.140. The molecule has 5 heteroatoms. The summed E-state index contributed by atoms with van der Waals surface area (Å²) in [6, 6.07) is 7.47. The third-order valence-electron chi connectivity index (χ3n) is 5.05. The van der Waals surface area contributed by atoms with Crippen molar-refractivity contribution in [2.45, 2.75) is 32.8 Å². The summed E-state index contributed by atoms with van der Waals surface area (Å²) in [5.74, 6) is 0.390. The molecule has 1 saturated carbocycles. The number of allylic oxidation sites excluding steroid dienone is 2. The molecule has 5 nitrogen and oxygen atoms in total. The largest absolute Gasteiger partial charge is 0.488 e. The van der Waals surface area contributed by atoms with E-state index in [-0.39, 0.29) is 41.1 Å². The fourth-order valence-electron chi connectivity index (χ4n) is 4.14. The fourth-order valence-corrected chi connectivity index (χ4v) is 4.14. The summed E-state index contributed by atoms with van der Waals surface area (Å²) < 4.78 is 5.84. The van der Waals surface area contributed by atoms with Crippen LogP contribution >= 0.6 is 0 Å². The predicted molar refractivity (Wildman–Crippen MR) is 94.0 cm³/mol. The van der Waals surface area contributed by atoms with Crippen molar-refractivity contribution < 1.29 is 14.3 Å². The lowest BCUT2D eigenvalue weighted by Crippen LogP contribution is -2.28. The van der Waals surface area contributed by atoms with E-state index >= 15 is 0 Å². The van der Waals surface area contributed by atoms with E-state index in [1.54, 1.807) is 6.21 Å². The monoisotopic (exact) mass is 338 g/mol. The first kappa shape index (κ1) is 16.1. The highest BCUT2D eigenvalue weighted by Crippen LogP contribution is 2.52. The summed E-state index contributed by atoms with van der Waals surface area (Å²) in [5.41, 5.74) is 0.501. The van der Waals surface area contributed by atoms with Crippen LogP contribution in [-0.2, 0) is 9.59 Å². The maximum Gasteiger partial charge on any atom is 0.254 e. The number of hydrogen-bond acceptors (Lipinski definition) is 4. The quantitative estimate of drug-likeness (QED) is 0.484. The lowest BCUT2D eigenvalue weighted by atomic mass is 9.85. The van der Waals surface area contributed by atoms with Crippen molar-refractivity contribution in [2.75, 3.05) is 0 Å². The van der Waals surface area contributed by atoms with Gasteiger partial charge in [-0.15, -0.1) is 0 Å². The summed E-state index contributed by atoms with van der Waals surface area (Å²) in [7, 11) is 0. The van der Waals surface area contributed by atoms with Gasteiger partial charge in [0.25, 0.3) is 11.8 Å². The summed E-state index contributed by atoms with van der Waals surface area (Å²) in [5, 5.41) is 5.27. The number of amides is 2. The third-order valence-corrected chi connectivity index (χ3v) is 5.05. The minimum absolute atomic E-state index is 0.162. The number of benzene rings is 1. The van der Waals surface area contributed by atoms with Crippen LogP contribution in [0.4, 0.5) is 0 Å². The van der Waals surface area contributed by atoms with Crippen LogP contribution in [0.25, 0.3) is 0 Å². The molecule has 25 heavy (non-hydrogen) atoms. The highest BCUT2D eigenvalue weighted by molar-refractivity contribution is 6.06. The van der Waals surface area contributed by atoms with E-state index in [2.05, 4.69) is 17.3 Å². The Morgan fingerprint density at radius 3 is 2.36 bits per heavy atom. The van der Waals surface area contributed by atoms with E-state index in [1.165, 1.54) is 0 Å². The third kappa shape index (κ3) is 2.77. The van der Waals surface area contributed by atoms with Gasteiger partial charge in [-0.25, -0.2) is 0 Å². The standard InChI is InChI=1S/C20H22N2O3/c1-20(2,3)25-15-6-4-5-12(9-15)11-21-22-18(23)16-13-7-8-14(10-13)17(16)19(22)24/h4-9,11,13-14,16-17H,10H2,1-3H3/t13-,14-,16-,17+/m0/s1. The molecule has 1 saturated heterocycles. The number of imide groups is 1. The molecule has 1 aromatic carbocycles. The van der Waals surface area contributed by atoms with Crippen molar-refractivity contribution in [1.29, 1.82) is 0 Å². The Bertz CT molecular complexity index is 760. The van der Waals surface area contributed by atoms with Crippen LogP contribution in [-0.4, -0.2) is 28.6 Å². The summed E-state index contributed by atoms with van der Waals surface area (Å²) in [6.45, 7) is 5.95. The Labute approximate surface area is 147 Å². The second-order valence-corrected chi connectivity index (χ2v) is 8.02. The smallest absolute Gasteiger partial charge is 0.254 e. The number of carbonyl (C=O) groups is 2. The van der Waals surface area contributed by atoms with Gasteiger partial charge in [-0.1, -0.05) is 24.3 Å². The Morgan fingerprint density at radius 2 is 1.76 bits per heavy atom. The molecule has 1 heterocycles. The molecule has 3 aliphatic rings. The molecule has 2 bridgehead atoms. The van der Waals surface area contributed by atoms with E-state index in [1.807, 2.05) is 45.0 Å². The van der Waals surface area contributed by atoms with E-state index in [0.29, 0.717) is 0 Å². The van der Waals surface area contributed by atoms with Crippen LogP contribution in [0, 0.1) is 23.7 Å². The SMILES string of the molecule is CC(C)(C)Oc1cccc(C=NN2C(=O)[C@@H]3[C@H](C2=O)[C@H]2C=C[C@H]3C2)c1. The molecule has 0 N–H and O–H groups in total. The minimum atomic E-state index is -0.291. The van der Waals surface area contributed by atoms with Crippen molar-refractivity contribution in [3.63, 3.8) is 0 Å². The normalized spacial score (nSPS) is 30.6. The molecule has 1 aromatic rings. The molecule has 1 aliphatic heterocycles. The zero-order chi connectivity index (χ0) is 17.8. The van der Waals surface area contributed by atoms with Crippen LogP contribution in [0.3, 0.4) is 0 Å². The number of carbonyl (C=O) groups excluding carboxylic acids is 2. The molecule has 0 spiro atoms. The number of ether oxygens (including phenoxy) is 1. The Morgan fingerprint density at radius 1 is 1.12 bits per heavy atom. The average Bonchev–Trinajstić information content (AvgIpc) is 3.19. The van der Waals surface area contributed by atoms with Crippen LogP contribution in [0.1, 0.15) is 32.8 Å². The van der Waals surface area contributed by atoms with Crippen molar-refractivity contribution in [3.8, 4) is 5.75 Å². The number of nitrogens with zero attached hydrogens (tertiary/aromatic N) is 2. The highest BCUT2D eigenvalue weighted by atomic mass is 16.5. The van der Waals surface area contributed by atoms with Gasteiger partial charge in [0.05, 0.1) is 18.1 Å². The second kappa shape index (κ2) is 5.55. The zero-order valence-corrected chi connectivity index (χ0v) is 14.7. The average molecular weight is 338 g/mol. The molecule has 2 aliphatic carbocycles. The maximum absolute atomic E-state index is 12.6. The molecule has 2 amide bonds. The van der Waals surface area contributed by atoms with Gasteiger partial charge in [0, 0.05) is 0 Å². The summed E-state index contributed by atoms with van der Waals surface area (Å²) >= 11 is 0. The van der Waals surface area contributed by atoms with Crippen molar-refractivity contribution >= 4 is 18.0 Å². The molecule has 4 atom stereocenters. The van der Waals surface area contributed by atoms with Gasteiger partial charge in [0.15, 0.2) is 0 Å². The van der Waals surface area contributed by atoms with Crippen LogP contribution in [0.2, 0.25) is 0 Å². The van der Waals surface area contributed by atoms with Crippen LogP contribution in [0.15, 0.2) is 41.5 Å². The minimum Gasteiger partial charge on any atom is -0.488 e. The van der Waals surface area contributed by atoms with E-state index in [9.17, 15) is 9.59 Å². The van der Waals surface area contributed by atoms with E-state index in [4.69, 9.17) is 4.74 Å². The molecule has 2 fully saturated rings. The van der Waals surface area contributed by atoms with Crippen LogP contribution in [0.5, 0.6) is 5.75 Å². The fraction of sp³-hybridized carbons (Fsp3) is 0.450. The summed E-state index contributed by atoms with van der Waals surface area (Å²) in [6.07, 6.45) is 6.65. The van der Waals surface area contributed by atoms with Gasteiger partial charge < -0.3 is 4.74 Å². The van der Waals surface area contributed by atoms with Crippen molar-refractivity contribution in [3.05, 3.63) is 42.0 Å². The number of hydrogen-bond donors (Lipinski definition) is 0. The second-order valence-electron chi connectivity index (χ2n) is 8.02. The topological polar surface area (TPSA) is 59.0 Å². The van der Waals surface area contributed by atoms with Gasteiger partial charge in [0.2, 0.25) is 0 Å². The molecular weight excluding hydrogens is 316 g/mol. The van der Waals surface area contributed by atoms with Crippen molar-refractivity contribution in [1.82, 2.24) is 5.01 Å². The molecule has 0 radical (unpaired) electrons. The molecule has 0 aromatic heterocycles. The number of hydrazone groups is 1. The Balaban J connectivity index is 1.52. The first-order valence-corrected chi connectivity index (χ1v) is 8.73. The zero-order valence-electron chi connectivity index (χ0n) is 14.7. The molecular formula is C20H22N2O3. The number of rotatable bonds is 3. The molecule has 4 rings (SSSR count). The van der Waals surface area contributed by atoms with Gasteiger partial charge >= 0.3 is 0 Å². The molecule has 0 unspecified atom stereocenters. The Hall–Kier alpha value is -2.43. The lowest BCUT2D eigenvalue weighted by Gasteiger charge is -2.21. The first-order chi connectivity index (χ1) is 11.8. The predicted octanol–water partition coefficient (Wildman–Crippen LogP) is 3.00. The van der Waals surface area contributed by atoms with Gasteiger partial charge in [-0.05, 0) is 56.7 Å². The van der Waals surface area contributed by atoms with E-state index < -0.39 is 0 Å². The van der Waals surface area contributed by atoms with Gasteiger partial charge in [-0.3, -0.25) is 9.59 Å². The number of fused-ring (bicyclic) bond motifs is 5. The molecule has 130 valence electrons.